The third-order valence-electron chi connectivity index (χ3n) is 2.79. The molecule has 0 fully saturated rings. The van der Waals surface area contributed by atoms with Crippen LogP contribution in [0.15, 0.2) is 41.0 Å². The lowest BCUT2D eigenvalue weighted by molar-refractivity contribution is 0.154. The summed E-state index contributed by atoms with van der Waals surface area (Å²) in [7, 11) is 0. The number of rotatable bonds is 4. The second kappa shape index (κ2) is 6.43. The van der Waals surface area contributed by atoms with E-state index in [1.165, 1.54) is 6.26 Å². The number of benzene rings is 1. The topological polar surface area (TPSA) is 75.3 Å². The summed E-state index contributed by atoms with van der Waals surface area (Å²) in [5.74, 6) is 0.127. The Hall–Kier alpha value is -2.74. The zero-order chi connectivity index (χ0) is 14.4. The van der Waals surface area contributed by atoms with Crippen LogP contribution in [0.2, 0.25) is 0 Å². The summed E-state index contributed by atoms with van der Waals surface area (Å²) < 4.78 is 10.2. The Morgan fingerprint density at radius 1 is 1.40 bits per heavy atom. The molecule has 0 aliphatic rings. The first kappa shape index (κ1) is 13.7. The van der Waals surface area contributed by atoms with Crippen molar-refractivity contribution in [3.8, 4) is 6.07 Å². The van der Waals surface area contributed by atoms with Gasteiger partial charge in [0.05, 0.1) is 6.26 Å². The van der Waals surface area contributed by atoms with E-state index in [0.29, 0.717) is 12.0 Å². The highest BCUT2D eigenvalue weighted by atomic mass is 16.5. The summed E-state index contributed by atoms with van der Waals surface area (Å²) in [4.78, 5) is 11.6. The van der Waals surface area contributed by atoms with Gasteiger partial charge in [-0.15, -0.1) is 0 Å². The smallest absolute Gasteiger partial charge is 0.414 e. The van der Waals surface area contributed by atoms with Crippen LogP contribution in [0.25, 0.3) is 0 Å². The maximum absolute atomic E-state index is 11.6. The fraction of sp³-hybridized carbons (Fsp3) is 0.200. The summed E-state index contributed by atoms with van der Waals surface area (Å²) in [5, 5.41) is 11.5. The Morgan fingerprint density at radius 3 is 2.80 bits per heavy atom. The number of anilines is 1. The first-order chi connectivity index (χ1) is 9.74. The van der Waals surface area contributed by atoms with Crippen LogP contribution in [0.1, 0.15) is 23.6 Å². The Kier molecular flexibility index (Phi) is 4.40. The molecule has 2 aromatic rings. The summed E-state index contributed by atoms with van der Waals surface area (Å²) in [6.07, 6.45) is 1.47. The van der Waals surface area contributed by atoms with Crippen molar-refractivity contribution in [3.63, 3.8) is 0 Å². The molecule has 1 aromatic heterocycles. The minimum atomic E-state index is -0.651. The van der Waals surface area contributed by atoms with Gasteiger partial charge in [0.15, 0.2) is 0 Å². The monoisotopic (exact) mass is 270 g/mol. The van der Waals surface area contributed by atoms with Gasteiger partial charge in [-0.1, -0.05) is 37.3 Å². The lowest BCUT2D eigenvalue weighted by Crippen LogP contribution is -2.13. The third kappa shape index (κ3) is 3.18. The number of nitrogens with one attached hydrogen (secondary N) is 1. The van der Waals surface area contributed by atoms with Crippen LogP contribution in [0.3, 0.4) is 0 Å². The molecular weight excluding hydrogens is 256 g/mol. The minimum Gasteiger partial charge on any atom is -0.447 e. The van der Waals surface area contributed by atoms with Gasteiger partial charge in [-0.05, 0) is 12.0 Å². The SMILES string of the molecule is CCc1coc(NC(=O)OCc2ccccc2)c1C#N. The van der Waals surface area contributed by atoms with Crippen molar-refractivity contribution in [2.24, 2.45) is 0 Å². The molecule has 0 saturated heterocycles. The molecule has 0 bridgehead atoms. The number of hydrogen-bond donors (Lipinski definition) is 1. The van der Waals surface area contributed by atoms with Crippen molar-refractivity contribution in [3.05, 3.63) is 53.3 Å². The molecule has 1 aromatic carbocycles. The van der Waals surface area contributed by atoms with Crippen LogP contribution in [0.5, 0.6) is 0 Å². The fourth-order valence-corrected chi connectivity index (χ4v) is 1.72. The van der Waals surface area contributed by atoms with E-state index in [-0.39, 0.29) is 12.5 Å². The minimum absolute atomic E-state index is 0.127. The van der Waals surface area contributed by atoms with Crippen molar-refractivity contribution >= 4 is 12.0 Å². The van der Waals surface area contributed by atoms with E-state index in [9.17, 15) is 4.79 Å². The molecule has 20 heavy (non-hydrogen) atoms. The van der Waals surface area contributed by atoms with Gasteiger partial charge in [-0.2, -0.15) is 5.26 Å². The molecule has 1 N–H and O–H groups in total. The molecule has 0 aliphatic carbocycles. The summed E-state index contributed by atoms with van der Waals surface area (Å²) in [6.45, 7) is 2.07. The summed E-state index contributed by atoms with van der Waals surface area (Å²) in [6, 6.07) is 11.3. The van der Waals surface area contributed by atoms with Crippen LogP contribution >= 0.6 is 0 Å². The molecular formula is C15H14N2O3. The van der Waals surface area contributed by atoms with Gasteiger partial charge in [-0.25, -0.2) is 4.79 Å². The zero-order valence-corrected chi connectivity index (χ0v) is 11.1. The molecule has 1 amide bonds. The highest BCUT2D eigenvalue weighted by Gasteiger charge is 2.15. The number of furan rings is 1. The number of nitrogens with zero attached hydrogens (tertiary/aromatic N) is 1. The van der Waals surface area contributed by atoms with E-state index in [1.807, 2.05) is 43.3 Å². The lowest BCUT2D eigenvalue weighted by Gasteiger charge is -2.05. The van der Waals surface area contributed by atoms with Gasteiger partial charge in [0.25, 0.3) is 0 Å². The Labute approximate surface area is 116 Å². The Bertz CT molecular complexity index is 626. The molecule has 0 saturated carbocycles. The average Bonchev–Trinajstić information content (AvgIpc) is 2.88. The molecule has 5 nitrogen and oxygen atoms in total. The zero-order valence-electron chi connectivity index (χ0n) is 11.1. The number of carbonyl (C=O) groups is 1. The number of aryl methyl sites for hydroxylation is 1. The lowest BCUT2D eigenvalue weighted by atomic mass is 10.1. The first-order valence-corrected chi connectivity index (χ1v) is 6.22. The molecule has 0 aliphatic heterocycles. The highest BCUT2D eigenvalue weighted by Crippen LogP contribution is 2.22. The van der Waals surface area contributed by atoms with E-state index >= 15 is 0 Å². The van der Waals surface area contributed by atoms with Gasteiger partial charge in [0, 0.05) is 5.56 Å². The van der Waals surface area contributed by atoms with Gasteiger partial charge >= 0.3 is 6.09 Å². The van der Waals surface area contributed by atoms with Crippen molar-refractivity contribution < 1.29 is 13.9 Å². The number of amides is 1. The van der Waals surface area contributed by atoms with E-state index in [0.717, 1.165) is 11.1 Å². The fourth-order valence-electron chi connectivity index (χ4n) is 1.72. The van der Waals surface area contributed by atoms with E-state index in [2.05, 4.69) is 5.32 Å². The van der Waals surface area contributed by atoms with Crippen LogP contribution in [-0.2, 0) is 17.8 Å². The van der Waals surface area contributed by atoms with Crippen molar-refractivity contribution in [2.75, 3.05) is 5.32 Å². The number of nitriles is 1. The van der Waals surface area contributed by atoms with Gasteiger partial charge < -0.3 is 9.15 Å². The summed E-state index contributed by atoms with van der Waals surface area (Å²) in [5.41, 5.74) is 1.98. The van der Waals surface area contributed by atoms with Gasteiger partial charge in [0.1, 0.15) is 18.2 Å². The second-order valence-corrected chi connectivity index (χ2v) is 4.12. The molecule has 1 heterocycles. The first-order valence-electron chi connectivity index (χ1n) is 6.22. The van der Waals surface area contributed by atoms with Crippen LogP contribution < -0.4 is 5.32 Å². The van der Waals surface area contributed by atoms with Gasteiger partial charge in [-0.3, -0.25) is 5.32 Å². The van der Waals surface area contributed by atoms with E-state index < -0.39 is 6.09 Å². The molecule has 0 radical (unpaired) electrons. The molecule has 0 spiro atoms. The molecule has 2 rings (SSSR count). The third-order valence-corrected chi connectivity index (χ3v) is 2.79. The molecule has 0 atom stereocenters. The van der Waals surface area contributed by atoms with Crippen LogP contribution in [0, 0.1) is 11.3 Å². The van der Waals surface area contributed by atoms with Crippen molar-refractivity contribution in [1.29, 1.82) is 5.26 Å². The average molecular weight is 270 g/mol. The molecule has 102 valence electrons. The molecule has 5 heteroatoms. The Balaban J connectivity index is 1.95. The standard InChI is InChI=1S/C15H14N2O3/c1-2-12-10-19-14(13(12)8-16)17-15(18)20-9-11-6-4-3-5-7-11/h3-7,10H,2,9H2,1H3,(H,17,18). The summed E-state index contributed by atoms with van der Waals surface area (Å²) >= 11 is 0. The number of carbonyl (C=O) groups excluding carboxylic acids is 1. The van der Waals surface area contributed by atoms with Crippen molar-refractivity contribution in [1.82, 2.24) is 0 Å². The highest BCUT2D eigenvalue weighted by molar-refractivity contribution is 5.84. The second-order valence-electron chi connectivity index (χ2n) is 4.12. The van der Waals surface area contributed by atoms with Crippen molar-refractivity contribution in [2.45, 2.75) is 20.0 Å². The number of ether oxygens (including phenoxy) is 1. The maximum atomic E-state index is 11.6. The maximum Gasteiger partial charge on any atom is 0.414 e. The van der Waals surface area contributed by atoms with Crippen LogP contribution in [-0.4, -0.2) is 6.09 Å². The van der Waals surface area contributed by atoms with Crippen LogP contribution in [0.4, 0.5) is 10.7 Å². The van der Waals surface area contributed by atoms with Gasteiger partial charge in [0.2, 0.25) is 5.88 Å². The molecule has 0 unspecified atom stereocenters. The predicted octanol–water partition coefficient (Wildman–Crippen LogP) is 3.46. The largest absolute Gasteiger partial charge is 0.447 e. The Morgan fingerprint density at radius 2 is 2.15 bits per heavy atom. The number of hydrogen-bond acceptors (Lipinski definition) is 4. The normalized spacial score (nSPS) is 9.80. The predicted molar refractivity (Wildman–Crippen MR) is 73.1 cm³/mol. The van der Waals surface area contributed by atoms with E-state index in [4.69, 9.17) is 14.4 Å². The quantitative estimate of drug-likeness (QED) is 0.923. The van der Waals surface area contributed by atoms with E-state index in [1.54, 1.807) is 0 Å².